The average Bonchev–Trinajstić information content (AvgIpc) is 2.39. The van der Waals surface area contributed by atoms with E-state index < -0.39 is 17.7 Å². The van der Waals surface area contributed by atoms with Gasteiger partial charge in [-0.1, -0.05) is 0 Å². The number of amides is 1. The largest absolute Gasteiger partial charge is 0.481 e. The molecule has 1 aromatic heterocycles. The van der Waals surface area contributed by atoms with Gasteiger partial charge in [0.1, 0.15) is 11.3 Å². The molecule has 0 aliphatic rings. The van der Waals surface area contributed by atoms with Crippen molar-refractivity contribution in [3.63, 3.8) is 0 Å². The first-order valence-electron chi connectivity index (χ1n) is 6.33. The zero-order valence-electron chi connectivity index (χ0n) is 11.6. The van der Waals surface area contributed by atoms with Gasteiger partial charge in [-0.15, -0.1) is 0 Å². The summed E-state index contributed by atoms with van der Waals surface area (Å²) in [4.78, 5) is 31.0. The van der Waals surface area contributed by atoms with Crippen molar-refractivity contribution in [3.05, 3.63) is 34.9 Å². The van der Waals surface area contributed by atoms with Gasteiger partial charge >= 0.3 is 5.97 Å². The van der Waals surface area contributed by atoms with Crippen LogP contribution in [0.1, 0.15) is 28.2 Å². The highest BCUT2D eigenvalue weighted by molar-refractivity contribution is 6.04. The lowest BCUT2D eigenvalue weighted by Gasteiger charge is -2.08. The molecule has 21 heavy (non-hydrogen) atoms. The van der Waals surface area contributed by atoms with Gasteiger partial charge in [-0.25, -0.2) is 14.4 Å². The number of fused-ring (bicyclic) bond motifs is 1. The van der Waals surface area contributed by atoms with E-state index in [1.807, 2.05) is 0 Å². The number of hydrogen-bond acceptors (Lipinski definition) is 4. The summed E-state index contributed by atoms with van der Waals surface area (Å²) in [6, 6.07) is 2.28. The van der Waals surface area contributed by atoms with Crippen molar-refractivity contribution >= 4 is 22.9 Å². The quantitative estimate of drug-likeness (QED) is 0.892. The second-order valence-electron chi connectivity index (χ2n) is 4.62. The summed E-state index contributed by atoms with van der Waals surface area (Å²) in [7, 11) is 0. The van der Waals surface area contributed by atoms with Gasteiger partial charge in [0.2, 0.25) is 0 Å². The lowest BCUT2D eigenvalue weighted by atomic mass is 10.1. The van der Waals surface area contributed by atoms with Crippen LogP contribution in [0, 0.1) is 19.7 Å². The maximum absolute atomic E-state index is 13.6. The molecule has 6 nitrogen and oxygen atoms in total. The Hall–Kier alpha value is -2.57. The summed E-state index contributed by atoms with van der Waals surface area (Å²) >= 11 is 0. The van der Waals surface area contributed by atoms with Crippen LogP contribution in [0.5, 0.6) is 0 Å². The van der Waals surface area contributed by atoms with Crippen molar-refractivity contribution in [2.24, 2.45) is 0 Å². The number of aryl methyl sites for hydroxylation is 2. The molecule has 2 aromatic rings. The molecule has 0 radical (unpaired) electrons. The molecule has 0 fully saturated rings. The monoisotopic (exact) mass is 291 g/mol. The predicted molar refractivity (Wildman–Crippen MR) is 73.6 cm³/mol. The van der Waals surface area contributed by atoms with E-state index in [0.717, 1.165) is 6.07 Å². The van der Waals surface area contributed by atoms with Crippen LogP contribution in [-0.2, 0) is 4.79 Å². The normalized spacial score (nSPS) is 10.6. The second kappa shape index (κ2) is 5.82. The van der Waals surface area contributed by atoms with Crippen molar-refractivity contribution in [2.45, 2.75) is 20.3 Å². The number of benzene rings is 1. The number of hydrogen-bond donors (Lipinski definition) is 2. The number of rotatable bonds is 4. The van der Waals surface area contributed by atoms with Gasteiger partial charge in [-0.2, -0.15) is 0 Å². The van der Waals surface area contributed by atoms with E-state index in [2.05, 4.69) is 15.3 Å². The number of carbonyl (C=O) groups excluding carboxylic acids is 1. The molecule has 2 N–H and O–H groups in total. The molecule has 0 aliphatic heterocycles. The molecule has 1 amide bonds. The third-order valence-electron chi connectivity index (χ3n) is 3.01. The van der Waals surface area contributed by atoms with E-state index in [1.165, 1.54) is 6.07 Å². The zero-order chi connectivity index (χ0) is 15.6. The first-order valence-corrected chi connectivity index (χ1v) is 6.33. The molecule has 110 valence electrons. The zero-order valence-corrected chi connectivity index (χ0v) is 11.6. The summed E-state index contributed by atoms with van der Waals surface area (Å²) in [5.41, 5.74) is 1.94. The minimum absolute atomic E-state index is 0.0373. The summed E-state index contributed by atoms with van der Waals surface area (Å²) < 4.78 is 13.6. The molecule has 0 unspecified atom stereocenters. The Morgan fingerprint density at radius 2 is 1.90 bits per heavy atom. The summed E-state index contributed by atoms with van der Waals surface area (Å²) in [5, 5.41) is 11.0. The van der Waals surface area contributed by atoms with E-state index in [4.69, 9.17) is 5.11 Å². The molecule has 7 heteroatoms. The molecule has 0 atom stereocenters. The SMILES string of the molecule is Cc1nc2cc(F)cc(C(=O)NCCC(=O)O)c2nc1C. The third kappa shape index (κ3) is 3.31. The molecule has 0 aliphatic carbocycles. The Bertz CT molecular complexity index is 731. The van der Waals surface area contributed by atoms with Crippen LogP contribution in [-0.4, -0.2) is 33.5 Å². The maximum atomic E-state index is 13.6. The fourth-order valence-corrected chi connectivity index (χ4v) is 1.85. The van der Waals surface area contributed by atoms with Crippen molar-refractivity contribution in [2.75, 3.05) is 6.54 Å². The van der Waals surface area contributed by atoms with E-state index in [0.29, 0.717) is 22.4 Å². The first-order chi connectivity index (χ1) is 9.88. The highest BCUT2D eigenvalue weighted by Gasteiger charge is 2.15. The first kappa shape index (κ1) is 14.8. The lowest BCUT2D eigenvalue weighted by molar-refractivity contribution is -0.136. The molecule has 0 spiro atoms. The summed E-state index contributed by atoms with van der Waals surface area (Å²) in [6.45, 7) is 3.46. The highest BCUT2D eigenvalue weighted by Crippen LogP contribution is 2.19. The number of nitrogens with one attached hydrogen (secondary N) is 1. The van der Waals surface area contributed by atoms with Gasteiger partial charge in [0.15, 0.2) is 0 Å². The fraction of sp³-hybridized carbons (Fsp3) is 0.286. The van der Waals surface area contributed by atoms with Crippen LogP contribution in [0.3, 0.4) is 0 Å². The van der Waals surface area contributed by atoms with Crippen LogP contribution >= 0.6 is 0 Å². The number of carboxylic acids is 1. The van der Waals surface area contributed by atoms with Crippen LogP contribution < -0.4 is 5.32 Å². The second-order valence-corrected chi connectivity index (χ2v) is 4.62. The number of halogens is 1. The van der Waals surface area contributed by atoms with Crippen LogP contribution in [0.25, 0.3) is 11.0 Å². The van der Waals surface area contributed by atoms with Crippen LogP contribution in [0.15, 0.2) is 12.1 Å². The van der Waals surface area contributed by atoms with Crippen molar-refractivity contribution < 1.29 is 19.1 Å². The topological polar surface area (TPSA) is 92.2 Å². The molecular formula is C14H14FN3O3. The molecule has 1 heterocycles. The Labute approximate surface area is 120 Å². The Kier molecular flexibility index (Phi) is 4.11. The molecule has 1 aromatic carbocycles. The van der Waals surface area contributed by atoms with Crippen molar-refractivity contribution in [3.8, 4) is 0 Å². The fourth-order valence-electron chi connectivity index (χ4n) is 1.85. The summed E-state index contributed by atoms with van der Waals surface area (Å²) in [6.07, 6.45) is -0.206. The Morgan fingerprint density at radius 3 is 2.57 bits per heavy atom. The molecule has 2 rings (SSSR count). The number of carbonyl (C=O) groups is 2. The van der Waals surface area contributed by atoms with E-state index in [9.17, 15) is 14.0 Å². The standard InChI is InChI=1S/C14H14FN3O3/c1-7-8(2)18-13-10(5-9(15)6-11(13)17-7)14(21)16-4-3-12(19)20/h5-6H,3-4H2,1-2H3,(H,16,21)(H,19,20). The molecule has 0 saturated heterocycles. The molecule has 0 bridgehead atoms. The van der Waals surface area contributed by atoms with E-state index >= 15 is 0 Å². The van der Waals surface area contributed by atoms with Crippen molar-refractivity contribution in [1.29, 1.82) is 0 Å². The Balaban J connectivity index is 2.40. The van der Waals surface area contributed by atoms with Gasteiger partial charge in [0, 0.05) is 12.6 Å². The number of carboxylic acid groups (broad SMARTS) is 1. The van der Waals surface area contributed by atoms with Crippen molar-refractivity contribution in [1.82, 2.24) is 15.3 Å². The highest BCUT2D eigenvalue weighted by atomic mass is 19.1. The minimum atomic E-state index is -1.02. The third-order valence-corrected chi connectivity index (χ3v) is 3.01. The van der Waals surface area contributed by atoms with Gasteiger partial charge in [0.25, 0.3) is 5.91 Å². The Morgan fingerprint density at radius 1 is 1.24 bits per heavy atom. The van der Waals surface area contributed by atoms with Gasteiger partial charge in [-0.3, -0.25) is 9.59 Å². The lowest BCUT2D eigenvalue weighted by Crippen LogP contribution is -2.26. The molecule has 0 saturated carbocycles. The number of aliphatic carboxylic acids is 1. The van der Waals surface area contributed by atoms with Crippen LogP contribution in [0.4, 0.5) is 4.39 Å². The molecular weight excluding hydrogens is 277 g/mol. The van der Waals surface area contributed by atoms with Crippen LogP contribution in [0.2, 0.25) is 0 Å². The maximum Gasteiger partial charge on any atom is 0.305 e. The average molecular weight is 291 g/mol. The van der Waals surface area contributed by atoms with E-state index in [1.54, 1.807) is 13.8 Å². The van der Waals surface area contributed by atoms with Gasteiger partial charge in [0.05, 0.1) is 28.9 Å². The summed E-state index contributed by atoms with van der Waals surface area (Å²) in [5.74, 6) is -2.19. The minimum Gasteiger partial charge on any atom is -0.481 e. The van der Waals surface area contributed by atoms with Gasteiger partial charge in [-0.05, 0) is 19.9 Å². The predicted octanol–water partition coefficient (Wildman–Crippen LogP) is 1.59. The van der Waals surface area contributed by atoms with E-state index in [-0.39, 0.29) is 18.5 Å². The number of aromatic nitrogens is 2. The smallest absolute Gasteiger partial charge is 0.305 e. The number of nitrogens with zero attached hydrogens (tertiary/aromatic N) is 2. The van der Waals surface area contributed by atoms with Gasteiger partial charge < -0.3 is 10.4 Å².